The van der Waals surface area contributed by atoms with Crippen LogP contribution < -0.4 is 5.32 Å². The van der Waals surface area contributed by atoms with Crippen LogP contribution in [0.2, 0.25) is 0 Å². The van der Waals surface area contributed by atoms with Gasteiger partial charge in [0.05, 0.1) is 0 Å². The molecule has 1 aliphatic rings. The first-order chi connectivity index (χ1) is 5.90. The molecule has 0 radical (unpaired) electrons. The van der Waals surface area contributed by atoms with E-state index < -0.39 is 0 Å². The number of rotatable bonds is 2. The lowest BCUT2D eigenvalue weighted by Crippen LogP contribution is -2.40. The van der Waals surface area contributed by atoms with Gasteiger partial charge in [0.2, 0.25) is 0 Å². The van der Waals surface area contributed by atoms with Crippen LogP contribution in [0.4, 0.5) is 0 Å². The van der Waals surface area contributed by atoms with Crippen molar-refractivity contribution in [3.05, 3.63) is 36.2 Å². The summed E-state index contributed by atoms with van der Waals surface area (Å²) in [6.07, 6.45) is 3.71. The Kier molecular flexibility index (Phi) is 1.92. The van der Waals surface area contributed by atoms with Crippen molar-refractivity contribution in [1.82, 2.24) is 10.3 Å². The van der Waals surface area contributed by atoms with E-state index >= 15 is 0 Å². The molecule has 0 aliphatic carbocycles. The lowest BCUT2D eigenvalue weighted by Gasteiger charge is -2.26. The second kappa shape index (κ2) is 3.07. The van der Waals surface area contributed by atoms with E-state index in [0.717, 1.165) is 18.7 Å². The number of nitrogens with zero attached hydrogens (tertiary/aromatic N) is 1. The van der Waals surface area contributed by atoms with Crippen molar-refractivity contribution in [3.63, 3.8) is 0 Å². The zero-order chi connectivity index (χ0) is 8.39. The van der Waals surface area contributed by atoms with Crippen molar-refractivity contribution in [1.29, 1.82) is 0 Å². The molecule has 0 spiro atoms. The second-order valence-electron chi connectivity index (χ2n) is 3.07. The van der Waals surface area contributed by atoms with Gasteiger partial charge in [-0.1, -0.05) is 12.7 Å². The maximum Gasteiger partial charge on any atom is 0.0465 e. The SMILES string of the molecule is C=Cc1ccnc(C2CNC2)c1. The molecule has 1 N–H and O–H groups in total. The Morgan fingerprint density at radius 1 is 1.58 bits per heavy atom. The van der Waals surface area contributed by atoms with Gasteiger partial charge in [-0.25, -0.2) is 0 Å². The quantitative estimate of drug-likeness (QED) is 0.707. The molecule has 0 saturated carbocycles. The van der Waals surface area contributed by atoms with E-state index in [4.69, 9.17) is 0 Å². The Bertz CT molecular complexity index is 290. The maximum atomic E-state index is 4.32. The first-order valence-corrected chi connectivity index (χ1v) is 4.19. The minimum atomic E-state index is 0.616. The third-order valence-corrected chi connectivity index (χ3v) is 2.24. The van der Waals surface area contributed by atoms with Crippen LogP contribution >= 0.6 is 0 Å². The standard InChI is InChI=1S/C10H12N2/c1-2-8-3-4-12-10(5-8)9-6-11-7-9/h2-5,9,11H,1,6-7H2. The molecule has 62 valence electrons. The molecule has 2 nitrogen and oxygen atoms in total. The summed E-state index contributed by atoms with van der Waals surface area (Å²) >= 11 is 0. The van der Waals surface area contributed by atoms with Crippen LogP contribution in [-0.2, 0) is 0 Å². The van der Waals surface area contributed by atoms with Crippen LogP contribution in [0.3, 0.4) is 0 Å². The van der Waals surface area contributed by atoms with Crippen LogP contribution in [-0.4, -0.2) is 18.1 Å². The van der Waals surface area contributed by atoms with Crippen molar-refractivity contribution >= 4 is 6.08 Å². The van der Waals surface area contributed by atoms with Gasteiger partial charge in [-0.3, -0.25) is 4.98 Å². The zero-order valence-corrected chi connectivity index (χ0v) is 6.96. The van der Waals surface area contributed by atoms with Gasteiger partial charge in [0, 0.05) is 30.9 Å². The number of nitrogens with one attached hydrogen (secondary N) is 1. The third kappa shape index (κ3) is 1.25. The van der Waals surface area contributed by atoms with E-state index in [0.29, 0.717) is 5.92 Å². The van der Waals surface area contributed by atoms with Gasteiger partial charge in [-0.05, 0) is 17.7 Å². The Morgan fingerprint density at radius 3 is 3.00 bits per heavy atom. The van der Waals surface area contributed by atoms with E-state index in [1.807, 2.05) is 18.3 Å². The number of hydrogen-bond donors (Lipinski definition) is 1. The van der Waals surface area contributed by atoms with Crippen molar-refractivity contribution < 1.29 is 0 Å². The molecule has 0 amide bonds. The van der Waals surface area contributed by atoms with Crippen LogP contribution in [0.1, 0.15) is 17.2 Å². The summed E-state index contributed by atoms with van der Waals surface area (Å²) in [6.45, 7) is 5.86. The first kappa shape index (κ1) is 7.50. The van der Waals surface area contributed by atoms with E-state index in [1.165, 1.54) is 5.69 Å². The van der Waals surface area contributed by atoms with Gasteiger partial charge >= 0.3 is 0 Å². The van der Waals surface area contributed by atoms with Gasteiger partial charge in [0.1, 0.15) is 0 Å². The monoisotopic (exact) mass is 160 g/mol. The number of pyridine rings is 1. The van der Waals surface area contributed by atoms with Crippen molar-refractivity contribution in [3.8, 4) is 0 Å². The van der Waals surface area contributed by atoms with Gasteiger partial charge < -0.3 is 5.32 Å². The minimum absolute atomic E-state index is 0.616. The highest BCUT2D eigenvalue weighted by Gasteiger charge is 2.19. The fourth-order valence-electron chi connectivity index (χ4n) is 1.31. The largest absolute Gasteiger partial charge is 0.315 e. The highest BCUT2D eigenvalue weighted by atomic mass is 15.0. The second-order valence-corrected chi connectivity index (χ2v) is 3.07. The summed E-state index contributed by atoms with van der Waals surface area (Å²) in [7, 11) is 0. The van der Waals surface area contributed by atoms with Gasteiger partial charge in [0.25, 0.3) is 0 Å². The summed E-state index contributed by atoms with van der Waals surface area (Å²) in [5, 5.41) is 3.23. The van der Waals surface area contributed by atoms with Crippen LogP contribution in [0, 0.1) is 0 Å². The van der Waals surface area contributed by atoms with Crippen LogP contribution in [0.25, 0.3) is 6.08 Å². The van der Waals surface area contributed by atoms with Crippen molar-refractivity contribution in [2.75, 3.05) is 13.1 Å². The Balaban J connectivity index is 2.25. The molecule has 12 heavy (non-hydrogen) atoms. The van der Waals surface area contributed by atoms with E-state index in [-0.39, 0.29) is 0 Å². The highest BCUT2D eigenvalue weighted by molar-refractivity contribution is 5.46. The van der Waals surface area contributed by atoms with Crippen LogP contribution in [0.5, 0.6) is 0 Å². The lowest BCUT2D eigenvalue weighted by molar-refractivity contribution is 0.440. The smallest absolute Gasteiger partial charge is 0.0465 e. The number of aromatic nitrogens is 1. The summed E-state index contributed by atoms with van der Waals surface area (Å²) in [6, 6.07) is 4.08. The molecule has 1 aromatic rings. The summed E-state index contributed by atoms with van der Waals surface area (Å²) in [5.74, 6) is 0.616. The van der Waals surface area contributed by atoms with Gasteiger partial charge in [-0.15, -0.1) is 0 Å². The van der Waals surface area contributed by atoms with Crippen molar-refractivity contribution in [2.24, 2.45) is 0 Å². The topological polar surface area (TPSA) is 24.9 Å². The molecular formula is C10H12N2. The third-order valence-electron chi connectivity index (χ3n) is 2.24. The molecule has 0 bridgehead atoms. The predicted octanol–water partition coefficient (Wildman–Crippen LogP) is 1.41. The summed E-state index contributed by atoms with van der Waals surface area (Å²) in [5.41, 5.74) is 2.35. The molecule has 1 fully saturated rings. The normalized spacial score (nSPS) is 17.0. The number of hydrogen-bond acceptors (Lipinski definition) is 2. The van der Waals surface area contributed by atoms with Gasteiger partial charge in [0.15, 0.2) is 0 Å². The predicted molar refractivity (Wildman–Crippen MR) is 49.9 cm³/mol. The highest BCUT2D eigenvalue weighted by Crippen LogP contribution is 2.18. The fourth-order valence-corrected chi connectivity index (χ4v) is 1.31. The molecule has 0 atom stereocenters. The average molecular weight is 160 g/mol. The molecule has 1 aliphatic heterocycles. The lowest BCUT2D eigenvalue weighted by atomic mass is 9.98. The molecule has 2 heterocycles. The molecule has 1 aromatic heterocycles. The van der Waals surface area contributed by atoms with Crippen LogP contribution in [0.15, 0.2) is 24.9 Å². The molecular weight excluding hydrogens is 148 g/mol. The van der Waals surface area contributed by atoms with Gasteiger partial charge in [-0.2, -0.15) is 0 Å². The molecule has 0 aromatic carbocycles. The molecule has 2 rings (SSSR count). The van der Waals surface area contributed by atoms with Crippen molar-refractivity contribution in [2.45, 2.75) is 5.92 Å². The Morgan fingerprint density at radius 2 is 2.42 bits per heavy atom. The van der Waals surface area contributed by atoms with E-state index in [9.17, 15) is 0 Å². The summed E-state index contributed by atoms with van der Waals surface area (Å²) < 4.78 is 0. The maximum absolute atomic E-state index is 4.32. The Labute approximate surface area is 72.3 Å². The minimum Gasteiger partial charge on any atom is -0.315 e. The fraction of sp³-hybridized carbons (Fsp3) is 0.300. The Hall–Kier alpha value is -1.15. The van der Waals surface area contributed by atoms with E-state index in [1.54, 1.807) is 0 Å². The molecule has 0 unspecified atom stereocenters. The average Bonchev–Trinajstić information content (AvgIpc) is 2.02. The molecule has 1 saturated heterocycles. The zero-order valence-electron chi connectivity index (χ0n) is 6.96. The first-order valence-electron chi connectivity index (χ1n) is 4.19. The summed E-state index contributed by atoms with van der Waals surface area (Å²) in [4.78, 5) is 4.32. The molecule has 2 heteroatoms. The van der Waals surface area contributed by atoms with E-state index in [2.05, 4.69) is 22.9 Å².